The number of hydrogen-bond donors (Lipinski definition) is 1. The normalized spacial score (nSPS) is 21.9. The average molecular weight is 357 g/mol. The molecule has 140 valence electrons. The van der Waals surface area contributed by atoms with E-state index >= 15 is 0 Å². The molecule has 1 N–H and O–H groups in total. The number of ether oxygens (including phenoxy) is 1. The summed E-state index contributed by atoms with van der Waals surface area (Å²) in [5.74, 6) is 0.110. The van der Waals surface area contributed by atoms with Gasteiger partial charge in [-0.25, -0.2) is 0 Å². The molecule has 7 nitrogen and oxygen atoms in total. The zero-order chi connectivity index (χ0) is 17.9. The van der Waals surface area contributed by atoms with Crippen LogP contribution in [0, 0.1) is 6.92 Å². The Morgan fingerprint density at radius 3 is 3.00 bits per heavy atom. The molecule has 4 rings (SSSR count). The molecule has 1 amide bonds. The molecular weight excluding hydrogens is 330 g/mol. The largest absolute Gasteiger partial charge is 0.373 e. The first-order valence-corrected chi connectivity index (χ1v) is 9.48. The second kappa shape index (κ2) is 7.63. The van der Waals surface area contributed by atoms with E-state index in [0.717, 1.165) is 37.2 Å². The SMILES string of the molecule is Cc1cnn(CC2CN(C(=O)c3cccn3C3CCNCC3)CCO2)c1. The molecular formula is C19H27N5O2. The van der Waals surface area contributed by atoms with Crippen LogP contribution in [0.3, 0.4) is 0 Å². The summed E-state index contributed by atoms with van der Waals surface area (Å²) in [6.45, 7) is 6.55. The summed E-state index contributed by atoms with van der Waals surface area (Å²) >= 11 is 0. The first-order valence-electron chi connectivity index (χ1n) is 9.48. The van der Waals surface area contributed by atoms with Crippen LogP contribution in [0.4, 0.5) is 0 Å². The molecule has 1 atom stereocenters. The summed E-state index contributed by atoms with van der Waals surface area (Å²) in [5, 5.41) is 7.71. The van der Waals surface area contributed by atoms with Crippen molar-refractivity contribution in [3.05, 3.63) is 42.0 Å². The lowest BCUT2D eigenvalue weighted by atomic mass is 10.1. The monoisotopic (exact) mass is 357 g/mol. The Kier molecular flexibility index (Phi) is 5.08. The molecule has 0 saturated carbocycles. The maximum atomic E-state index is 13.1. The van der Waals surface area contributed by atoms with E-state index < -0.39 is 0 Å². The highest BCUT2D eigenvalue weighted by molar-refractivity contribution is 5.93. The van der Waals surface area contributed by atoms with E-state index in [4.69, 9.17) is 4.74 Å². The molecule has 2 aromatic heterocycles. The second-order valence-corrected chi connectivity index (χ2v) is 7.27. The molecule has 0 spiro atoms. The molecule has 7 heteroatoms. The Balaban J connectivity index is 1.43. The van der Waals surface area contributed by atoms with E-state index in [0.29, 0.717) is 32.3 Å². The molecule has 0 radical (unpaired) electrons. The minimum atomic E-state index is -0.0192. The Bertz CT molecular complexity index is 747. The van der Waals surface area contributed by atoms with E-state index in [-0.39, 0.29) is 12.0 Å². The highest BCUT2D eigenvalue weighted by atomic mass is 16.5. The zero-order valence-corrected chi connectivity index (χ0v) is 15.3. The fraction of sp³-hybridized carbons (Fsp3) is 0.579. The van der Waals surface area contributed by atoms with E-state index in [1.807, 2.05) is 47.2 Å². The number of aryl methyl sites for hydroxylation is 1. The van der Waals surface area contributed by atoms with Gasteiger partial charge in [-0.15, -0.1) is 0 Å². The number of rotatable bonds is 4. The Morgan fingerprint density at radius 2 is 2.23 bits per heavy atom. The predicted octanol–water partition coefficient (Wildman–Crippen LogP) is 1.46. The molecule has 0 aromatic carbocycles. The van der Waals surface area contributed by atoms with Gasteiger partial charge in [0.05, 0.1) is 25.5 Å². The van der Waals surface area contributed by atoms with Crippen LogP contribution < -0.4 is 5.32 Å². The van der Waals surface area contributed by atoms with E-state index in [9.17, 15) is 4.79 Å². The summed E-state index contributed by atoms with van der Waals surface area (Å²) < 4.78 is 9.93. The van der Waals surface area contributed by atoms with Crippen LogP contribution in [0.15, 0.2) is 30.7 Å². The van der Waals surface area contributed by atoms with Crippen molar-refractivity contribution in [1.82, 2.24) is 24.6 Å². The van der Waals surface area contributed by atoms with Crippen LogP contribution in [0.25, 0.3) is 0 Å². The maximum absolute atomic E-state index is 13.1. The third kappa shape index (κ3) is 3.68. The number of nitrogens with zero attached hydrogens (tertiary/aromatic N) is 4. The highest BCUT2D eigenvalue weighted by Crippen LogP contribution is 2.23. The van der Waals surface area contributed by atoms with Crippen molar-refractivity contribution < 1.29 is 9.53 Å². The van der Waals surface area contributed by atoms with Gasteiger partial charge in [0, 0.05) is 31.5 Å². The fourth-order valence-electron chi connectivity index (χ4n) is 3.93. The Hall–Kier alpha value is -2.12. The number of carbonyl (C=O) groups excluding carboxylic acids is 1. The number of aromatic nitrogens is 3. The van der Waals surface area contributed by atoms with Gasteiger partial charge in [-0.05, 0) is 50.6 Å². The third-order valence-electron chi connectivity index (χ3n) is 5.28. The predicted molar refractivity (Wildman–Crippen MR) is 98.2 cm³/mol. The van der Waals surface area contributed by atoms with Gasteiger partial charge in [0.15, 0.2) is 0 Å². The maximum Gasteiger partial charge on any atom is 0.270 e. The molecule has 2 aliphatic rings. The minimum Gasteiger partial charge on any atom is -0.373 e. The molecule has 2 fully saturated rings. The summed E-state index contributed by atoms with van der Waals surface area (Å²) in [5.41, 5.74) is 1.93. The van der Waals surface area contributed by atoms with Gasteiger partial charge in [0.2, 0.25) is 0 Å². The molecule has 0 bridgehead atoms. The van der Waals surface area contributed by atoms with Gasteiger partial charge in [-0.1, -0.05) is 0 Å². The summed E-state index contributed by atoms with van der Waals surface area (Å²) in [7, 11) is 0. The van der Waals surface area contributed by atoms with Crippen LogP contribution in [0.1, 0.15) is 34.9 Å². The van der Waals surface area contributed by atoms with Crippen molar-refractivity contribution >= 4 is 5.91 Å². The number of nitrogens with one attached hydrogen (secondary N) is 1. The number of amides is 1. The zero-order valence-electron chi connectivity index (χ0n) is 15.3. The van der Waals surface area contributed by atoms with Crippen molar-refractivity contribution in [3.8, 4) is 0 Å². The smallest absolute Gasteiger partial charge is 0.270 e. The Labute approximate surface area is 153 Å². The van der Waals surface area contributed by atoms with Gasteiger partial charge < -0.3 is 19.5 Å². The summed E-state index contributed by atoms with van der Waals surface area (Å²) in [6.07, 6.45) is 8.02. The number of morpholine rings is 1. The van der Waals surface area contributed by atoms with Gasteiger partial charge in [-0.3, -0.25) is 9.48 Å². The van der Waals surface area contributed by atoms with Crippen molar-refractivity contribution in [2.75, 3.05) is 32.8 Å². The minimum absolute atomic E-state index is 0.0192. The van der Waals surface area contributed by atoms with E-state index in [1.54, 1.807) is 0 Å². The second-order valence-electron chi connectivity index (χ2n) is 7.27. The van der Waals surface area contributed by atoms with Crippen molar-refractivity contribution in [3.63, 3.8) is 0 Å². The van der Waals surface area contributed by atoms with Crippen LogP contribution in [-0.4, -0.2) is 64.0 Å². The highest BCUT2D eigenvalue weighted by Gasteiger charge is 2.28. The van der Waals surface area contributed by atoms with Gasteiger partial charge >= 0.3 is 0 Å². The lowest BCUT2D eigenvalue weighted by molar-refractivity contribution is -0.0303. The van der Waals surface area contributed by atoms with Crippen LogP contribution in [0.5, 0.6) is 0 Å². The van der Waals surface area contributed by atoms with Gasteiger partial charge in [0.1, 0.15) is 5.69 Å². The van der Waals surface area contributed by atoms with E-state index in [1.165, 1.54) is 0 Å². The molecule has 4 heterocycles. The standard InChI is InChI=1S/C19H27N5O2/c1-15-11-21-23(12-15)14-17-13-22(9-10-26-17)19(25)18-3-2-8-24(18)16-4-6-20-7-5-16/h2-3,8,11-12,16-17,20H,4-7,9-10,13-14H2,1H3. The quantitative estimate of drug-likeness (QED) is 0.900. The first-order chi connectivity index (χ1) is 12.7. The van der Waals surface area contributed by atoms with Crippen molar-refractivity contribution in [2.45, 2.75) is 38.5 Å². The van der Waals surface area contributed by atoms with Gasteiger partial charge in [-0.2, -0.15) is 5.10 Å². The molecule has 2 aliphatic heterocycles. The fourth-order valence-corrected chi connectivity index (χ4v) is 3.93. The lowest BCUT2D eigenvalue weighted by Crippen LogP contribution is -2.47. The van der Waals surface area contributed by atoms with Crippen LogP contribution >= 0.6 is 0 Å². The van der Waals surface area contributed by atoms with Crippen molar-refractivity contribution in [2.24, 2.45) is 0 Å². The third-order valence-corrected chi connectivity index (χ3v) is 5.28. The van der Waals surface area contributed by atoms with Crippen molar-refractivity contribution in [1.29, 1.82) is 0 Å². The average Bonchev–Trinajstić information content (AvgIpc) is 3.31. The molecule has 2 saturated heterocycles. The molecule has 1 unspecified atom stereocenters. The summed E-state index contributed by atoms with van der Waals surface area (Å²) in [6, 6.07) is 4.35. The first kappa shape index (κ1) is 17.3. The molecule has 26 heavy (non-hydrogen) atoms. The topological polar surface area (TPSA) is 64.3 Å². The Morgan fingerprint density at radius 1 is 1.38 bits per heavy atom. The van der Waals surface area contributed by atoms with E-state index in [2.05, 4.69) is 15.0 Å². The number of hydrogen-bond acceptors (Lipinski definition) is 4. The lowest BCUT2D eigenvalue weighted by Gasteiger charge is -2.34. The molecule has 2 aromatic rings. The van der Waals surface area contributed by atoms with Crippen LogP contribution in [0.2, 0.25) is 0 Å². The summed E-state index contributed by atoms with van der Waals surface area (Å²) in [4.78, 5) is 15.1. The number of piperidine rings is 1. The molecule has 0 aliphatic carbocycles. The number of carbonyl (C=O) groups is 1. The van der Waals surface area contributed by atoms with Crippen LogP contribution in [-0.2, 0) is 11.3 Å². The van der Waals surface area contributed by atoms with Gasteiger partial charge in [0.25, 0.3) is 5.91 Å².